The van der Waals surface area contributed by atoms with Gasteiger partial charge in [-0.15, -0.1) is 0 Å². The molecule has 4 heteroatoms. The zero-order valence-electron chi connectivity index (χ0n) is 9.18. The second-order valence-corrected chi connectivity index (χ2v) is 2.82. The Balaban J connectivity index is 0.000000487. The highest BCUT2D eigenvalue weighted by Crippen LogP contribution is 2.07. The van der Waals surface area contributed by atoms with Crippen LogP contribution in [-0.2, 0) is 0 Å². The third-order valence-corrected chi connectivity index (χ3v) is 1.72. The van der Waals surface area contributed by atoms with Gasteiger partial charge >= 0.3 is 11.9 Å². The first-order valence-corrected chi connectivity index (χ1v) is 4.67. The smallest absolute Gasteiger partial charge is 0.336 e. The molecular formula is C12H14O4. The highest BCUT2D eigenvalue weighted by atomic mass is 16.4. The summed E-state index contributed by atoms with van der Waals surface area (Å²) in [6.07, 6.45) is 4.00. The molecule has 0 bridgehead atoms. The molecule has 1 aromatic rings. The zero-order valence-corrected chi connectivity index (χ0v) is 9.18. The van der Waals surface area contributed by atoms with Gasteiger partial charge in [0.15, 0.2) is 0 Å². The Bertz CT molecular complexity index is 357. The molecule has 0 spiro atoms. The van der Waals surface area contributed by atoms with Crippen molar-refractivity contribution in [3.05, 3.63) is 47.5 Å². The lowest BCUT2D eigenvalue weighted by atomic mass is 10.1. The number of hydrogen-bond donors (Lipinski definition) is 2. The molecule has 0 saturated heterocycles. The Labute approximate surface area is 93.8 Å². The second kappa shape index (κ2) is 7.23. The van der Waals surface area contributed by atoms with Crippen molar-refractivity contribution in [3.63, 3.8) is 0 Å². The van der Waals surface area contributed by atoms with Crippen LogP contribution < -0.4 is 0 Å². The largest absolute Gasteiger partial charge is 0.478 e. The fourth-order valence-corrected chi connectivity index (χ4v) is 0.856. The summed E-state index contributed by atoms with van der Waals surface area (Å²) in [5.74, 6) is -2.46. The Morgan fingerprint density at radius 2 is 1.25 bits per heavy atom. The first kappa shape index (κ1) is 13.9. The van der Waals surface area contributed by atoms with Crippen LogP contribution in [0.5, 0.6) is 0 Å². The summed E-state index contributed by atoms with van der Waals surface area (Å²) in [6, 6.07) is 5.48. The first-order valence-electron chi connectivity index (χ1n) is 4.67. The van der Waals surface area contributed by atoms with Crippen LogP contribution in [-0.4, -0.2) is 22.2 Å². The maximum Gasteiger partial charge on any atom is 0.336 e. The van der Waals surface area contributed by atoms with Crippen molar-refractivity contribution in [3.8, 4) is 0 Å². The molecule has 0 heterocycles. The van der Waals surface area contributed by atoms with Crippen molar-refractivity contribution in [2.45, 2.75) is 13.8 Å². The molecule has 0 saturated carbocycles. The predicted octanol–water partition coefficient (Wildman–Crippen LogP) is 2.67. The first-order chi connectivity index (χ1) is 7.54. The van der Waals surface area contributed by atoms with E-state index in [0.717, 1.165) is 0 Å². The van der Waals surface area contributed by atoms with E-state index in [4.69, 9.17) is 10.2 Å². The van der Waals surface area contributed by atoms with Crippen molar-refractivity contribution in [1.29, 1.82) is 0 Å². The van der Waals surface area contributed by atoms with E-state index in [2.05, 4.69) is 0 Å². The van der Waals surface area contributed by atoms with Gasteiger partial charge in [0.05, 0.1) is 11.1 Å². The summed E-state index contributed by atoms with van der Waals surface area (Å²) < 4.78 is 0. The second-order valence-electron chi connectivity index (χ2n) is 2.82. The Morgan fingerprint density at radius 3 is 1.44 bits per heavy atom. The van der Waals surface area contributed by atoms with Gasteiger partial charge in [0.2, 0.25) is 0 Å². The number of carbonyl (C=O) groups is 2. The third-order valence-electron chi connectivity index (χ3n) is 1.72. The molecule has 4 nitrogen and oxygen atoms in total. The quantitative estimate of drug-likeness (QED) is 0.754. The number of aromatic carboxylic acids is 2. The van der Waals surface area contributed by atoms with E-state index in [1.54, 1.807) is 0 Å². The highest BCUT2D eigenvalue weighted by Gasteiger charge is 2.13. The van der Waals surface area contributed by atoms with Gasteiger partial charge in [-0.2, -0.15) is 0 Å². The maximum atomic E-state index is 10.5. The van der Waals surface area contributed by atoms with E-state index >= 15 is 0 Å². The molecule has 86 valence electrons. The summed E-state index contributed by atoms with van der Waals surface area (Å²) in [7, 11) is 0. The lowest BCUT2D eigenvalue weighted by Crippen LogP contribution is -2.06. The fourth-order valence-electron chi connectivity index (χ4n) is 0.856. The van der Waals surface area contributed by atoms with Crippen molar-refractivity contribution in [2.24, 2.45) is 0 Å². The summed E-state index contributed by atoms with van der Waals surface area (Å²) in [5, 5.41) is 17.1. The SMILES string of the molecule is CC=CC.O=C(O)c1ccccc1C(=O)O. The molecule has 0 fully saturated rings. The number of carboxylic acids is 2. The Kier molecular flexibility index (Phi) is 6.28. The van der Waals surface area contributed by atoms with E-state index < -0.39 is 11.9 Å². The van der Waals surface area contributed by atoms with Crippen molar-refractivity contribution < 1.29 is 19.8 Å². The minimum Gasteiger partial charge on any atom is -0.478 e. The standard InChI is InChI=1S/C8H6O4.C4H8/c9-7(10)5-3-1-2-4-6(5)8(11)12;1-3-4-2/h1-4H,(H,9,10)(H,11,12);3-4H,1-2H3. The van der Waals surface area contributed by atoms with Crippen molar-refractivity contribution >= 4 is 11.9 Å². The lowest BCUT2D eigenvalue weighted by Gasteiger charge is -1.98. The van der Waals surface area contributed by atoms with E-state index in [1.165, 1.54) is 24.3 Å². The summed E-state index contributed by atoms with van der Waals surface area (Å²) in [6.45, 7) is 4.00. The average Bonchev–Trinajstić information content (AvgIpc) is 2.29. The van der Waals surface area contributed by atoms with Crippen LogP contribution in [0, 0.1) is 0 Å². The van der Waals surface area contributed by atoms with Gasteiger partial charge in [-0.25, -0.2) is 9.59 Å². The van der Waals surface area contributed by atoms with Gasteiger partial charge in [0.1, 0.15) is 0 Å². The third kappa shape index (κ3) is 4.41. The summed E-state index contributed by atoms with van der Waals surface area (Å²) in [4.78, 5) is 20.9. The van der Waals surface area contributed by atoms with E-state index in [9.17, 15) is 9.59 Å². The van der Waals surface area contributed by atoms with Gasteiger partial charge in [0, 0.05) is 0 Å². The molecule has 0 aliphatic carbocycles. The number of rotatable bonds is 2. The van der Waals surface area contributed by atoms with Crippen LogP contribution in [0.3, 0.4) is 0 Å². The molecule has 0 radical (unpaired) electrons. The molecule has 16 heavy (non-hydrogen) atoms. The number of hydrogen-bond acceptors (Lipinski definition) is 2. The molecule has 0 atom stereocenters. The monoisotopic (exact) mass is 222 g/mol. The molecule has 2 N–H and O–H groups in total. The molecule has 1 rings (SSSR count). The van der Waals surface area contributed by atoms with Crippen LogP contribution in [0.25, 0.3) is 0 Å². The van der Waals surface area contributed by atoms with Gasteiger partial charge in [-0.1, -0.05) is 24.3 Å². The summed E-state index contributed by atoms with van der Waals surface area (Å²) in [5.41, 5.74) is -0.380. The minimum atomic E-state index is -1.23. The van der Waals surface area contributed by atoms with Crippen LogP contribution in [0.15, 0.2) is 36.4 Å². The molecule has 0 aliphatic rings. The molecule has 1 aromatic carbocycles. The molecular weight excluding hydrogens is 208 g/mol. The van der Waals surface area contributed by atoms with Gasteiger partial charge in [-0.05, 0) is 26.0 Å². The average molecular weight is 222 g/mol. The van der Waals surface area contributed by atoms with Crippen LogP contribution in [0.2, 0.25) is 0 Å². The van der Waals surface area contributed by atoms with Gasteiger partial charge in [0.25, 0.3) is 0 Å². The van der Waals surface area contributed by atoms with Crippen molar-refractivity contribution in [1.82, 2.24) is 0 Å². The Morgan fingerprint density at radius 1 is 0.938 bits per heavy atom. The maximum absolute atomic E-state index is 10.5. The molecule has 0 aliphatic heterocycles. The topological polar surface area (TPSA) is 74.6 Å². The lowest BCUT2D eigenvalue weighted by molar-refractivity contribution is 0.0651. The number of benzene rings is 1. The van der Waals surface area contributed by atoms with E-state index in [-0.39, 0.29) is 11.1 Å². The predicted molar refractivity (Wildman–Crippen MR) is 60.8 cm³/mol. The summed E-state index contributed by atoms with van der Waals surface area (Å²) >= 11 is 0. The van der Waals surface area contributed by atoms with Crippen LogP contribution in [0.1, 0.15) is 34.6 Å². The molecule has 0 aromatic heterocycles. The fraction of sp³-hybridized carbons (Fsp3) is 0.167. The van der Waals surface area contributed by atoms with Crippen LogP contribution in [0.4, 0.5) is 0 Å². The van der Waals surface area contributed by atoms with E-state index in [1.807, 2.05) is 26.0 Å². The van der Waals surface area contributed by atoms with E-state index in [0.29, 0.717) is 0 Å². The molecule has 0 amide bonds. The zero-order chi connectivity index (χ0) is 12.6. The number of carboxylic acid groups (broad SMARTS) is 2. The normalized spacial score (nSPS) is 9.38. The van der Waals surface area contributed by atoms with Crippen LogP contribution >= 0.6 is 0 Å². The van der Waals surface area contributed by atoms with Crippen molar-refractivity contribution in [2.75, 3.05) is 0 Å². The minimum absolute atomic E-state index is 0.190. The molecule has 0 unspecified atom stereocenters. The van der Waals surface area contributed by atoms with Gasteiger partial charge in [-0.3, -0.25) is 0 Å². The Hall–Kier alpha value is -2.10. The van der Waals surface area contributed by atoms with Gasteiger partial charge < -0.3 is 10.2 Å². The highest BCUT2D eigenvalue weighted by molar-refractivity contribution is 6.01. The number of allylic oxidation sites excluding steroid dienone is 2.